The average Bonchev–Trinajstić information content (AvgIpc) is 2.49. The first-order valence-electron chi connectivity index (χ1n) is 6.38. The SMILES string of the molecule is O=C(NC1CCOc2ccc(F)cc21)c1ccccn1. The molecule has 20 heavy (non-hydrogen) atoms. The number of carbonyl (C=O) groups excluding carboxylic acids is 1. The van der Waals surface area contributed by atoms with E-state index >= 15 is 0 Å². The van der Waals surface area contributed by atoms with Crippen LogP contribution in [0.4, 0.5) is 4.39 Å². The van der Waals surface area contributed by atoms with Crippen molar-refractivity contribution in [1.29, 1.82) is 0 Å². The number of hydrogen-bond acceptors (Lipinski definition) is 3. The fourth-order valence-electron chi connectivity index (χ4n) is 2.24. The summed E-state index contributed by atoms with van der Waals surface area (Å²) in [5.41, 5.74) is 1.01. The molecule has 2 heterocycles. The molecular formula is C15H13FN2O2. The van der Waals surface area contributed by atoms with E-state index in [1.165, 1.54) is 12.1 Å². The Balaban J connectivity index is 1.83. The van der Waals surface area contributed by atoms with Crippen LogP contribution in [0.2, 0.25) is 0 Å². The van der Waals surface area contributed by atoms with Crippen LogP contribution in [0.5, 0.6) is 5.75 Å². The van der Waals surface area contributed by atoms with Crippen molar-refractivity contribution in [2.75, 3.05) is 6.61 Å². The van der Waals surface area contributed by atoms with Gasteiger partial charge in [0.15, 0.2) is 0 Å². The van der Waals surface area contributed by atoms with Crippen LogP contribution in [0, 0.1) is 5.82 Å². The third kappa shape index (κ3) is 2.47. The Kier molecular flexibility index (Phi) is 3.33. The van der Waals surface area contributed by atoms with Crippen molar-refractivity contribution in [2.45, 2.75) is 12.5 Å². The van der Waals surface area contributed by atoms with Gasteiger partial charge >= 0.3 is 0 Å². The van der Waals surface area contributed by atoms with Gasteiger partial charge in [0.1, 0.15) is 17.3 Å². The van der Waals surface area contributed by atoms with Crippen LogP contribution in [-0.2, 0) is 0 Å². The molecule has 0 radical (unpaired) electrons. The lowest BCUT2D eigenvalue weighted by Crippen LogP contribution is -2.32. The number of ether oxygens (including phenoxy) is 1. The third-order valence-electron chi connectivity index (χ3n) is 3.21. The number of carbonyl (C=O) groups is 1. The molecule has 1 aromatic heterocycles. The van der Waals surface area contributed by atoms with E-state index in [0.717, 1.165) is 0 Å². The van der Waals surface area contributed by atoms with Gasteiger partial charge in [-0.25, -0.2) is 4.39 Å². The molecule has 1 aliphatic heterocycles. The minimum Gasteiger partial charge on any atom is -0.493 e. The van der Waals surface area contributed by atoms with Crippen LogP contribution in [0.15, 0.2) is 42.6 Å². The Labute approximate surface area is 115 Å². The van der Waals surface area contributed by atoms with Gasteiger partial charge in [-0.2, -0.15) is 0 Å². The number of benzene rings is 1. The Hall–Kier alpha value is -2.43. The highest BCUT2D eigenvalue weighted by Crippen LogP contribution is 2.32. The van der Waals surface area contributed by atoms with Crippen LogP contribution < -0.4 is 10.1 Å². The molecule has 0 saturated carbocycles. The van der Waals surface area contributed by atoms with Crippen molar-refractivity contribution in [3.63, 3.8) is 0 Å². The lowest BCUT2D eigenvalue weighted by molar-refractivity contribution is 0.0919. The molecule has 102 valence electrons. The Morgan fingerprint density at radius 1 is 1.35 bits per heavy atom. The predicted octanol–water partition coefficient (Wildman–Crippen LogP) is 2.47. The summed E-state index contributed by atoms with van der Waals surface area (Å²) >= 11 is 0. The van der Waals surface area contributed by atoms with Gasteiger partial charge < -0.3 is 10.1 Å². The zero-order valence-corrected chi connectivity index (χ0v) is 10.7. The van der Waals surface area contributed by atoms with Gasteiger partial charge in [0.2, 0.25) is 0 Å². The second-order valence-corrected chi connectivity index (χ2v) is 4.56. The fraction of sp³-hybridized carbons (Fsp3) is 0.200. The molecule has 1 aliphatic rings. The smallest absolute Gasteiger partial charge is 0.270 e. The third-order valence-corrected chi connectivity index (χ3v) is 3.21. The highest BCUT2D eigenvalue weighted by atomic mass is 19.1. The summed E-state index contributed by atoms with van der Waals surface area (Å²) in [5.74, 6) is 0.00279. The molecule has 1 amide bonds. The first kappa shape index (κ1) is 12.6. The molecule has 5 heteroatoms. The van der Waals surface area contributed by atoms with Crippen molar-refractivity contribution in [3.8, 4) is 5.75 Å². The van der Waals surface area contributed by atoms with Crippen LogP contribution in [0.3, 0.4) is 0 Å². The molecule has 1 N–H and O–H groups in total. The summed E-state index contributed by atoms with van der Waals surface area (Å²) in [5, 5.41) is 2.87. The van der Waals surface area contributed by atoms with E-state index in [9.17, 15) is 9.18 Å². The van der Waals surface area contributed by atoms with Crippen molar-refractivity contribution >= 4 is 5.91 Å². The zero-order valence-electron chi connectivity index (χ0n) is 10.7. The molecule has 3 rings (SSSR count). The molecule has 0 aliphatic carbocycles. The molecule has 0 bridgehead atoms. The molecular weight excluding hydrogens is 259 g/mol. The van der Waals surface area contributed by atoms with Crippen molar-refractivity contribution in [3.05, 3.63) is 59.7 Å². The Morgan fingerprint density at radius 3 is 3.05 bits per heavy atom. The fourth-order valence-corrected chi connectivity index (χ4v) is 2.24. The summed E-state index contributed by atoms with van der Waals surface area (Å²) in [7, 11) is 0. The van der Waals surface area contributed by atoms with Crippen LogP contribution in [0.1, 0.15) is 28.5 Å². The quantitative estimate of drug-likeness (QED) is 0.913. The number of hydrogen-bond donors (Lipinski definition) is 1. The predicted molar refractivity (Wildman–Crippen MR) is 71.0 cm³/mol. The molecule has 1 atom stereocenters. The highest BCUT2D eigenvalue weighted by molar-refractivity contribution is 5.92. The van der Waals surface area contributed by atoms with Crippen molar-refractivity contribution in [2.24, 2.45) is 0 Å². The van der Waals surface area contributed by atoms with E-state index in [0.29, 0.717) is 30.0 Å². The van der Waals surface area contributed by atoms with Gasteiger partial charge in [0.25, 0.3) is 5.91 Å². The van der Waals surface area contributed by atoms with E-state index in [1.54, 1.807) is 30.5 Å². The lowest BCUT2D eigenvalue weighted by Gasteiger charge is -2.26. The highest BCUT2D eigenvalue weighted by Gasteiger charge is 2.24. The summed E-state index contributed by atoms with van der Waals surface area (Å²) in [6.07, 6.45) is 2.17. The van der Waals surface area contributed by atoms with Crippen LogP contribution >= 0.6 is 0 Å². The number of fused-ring (bicyclic) bond motifs is 1. The maximum atomic E-state index is 13.3. The van der Waals surface area contributed by atoms with Gasteiger partial charge in [0, 0.05) is 18.2 Å². The van der Waals surface area contributed by atoms with Gasteiger partial charge in [-0.05, 0) is 30.3 Å². The maximum absolute atomic E-state index is 13.3. The summed E-state index contributed by atoms with van der Waals surface area (Å²) in [6, 6.07) is 9.21. The van der Waals surface area contributed by atoms with Gasteiger partial charge in [-0.3, -0.25) is 9.78 Å². The Bertz CT molecular complexity index is 631. The van der Waals surface area contributed by atoms with Crippen LogP contribution in [0.25, 0.3) is 0 Å². The second-order valence-electron chi connectivity index (χ2n) is 4.56. The number of amides is 1. The largest absolute Gasteiger partial charge is 0.493 e. The molecule has 0 spiro atoms. The maximum Gasteiger partial charge on any atom is 0.270 e. The number of pyridine rings is 1. The minimum absolute atomic E-state index is 0.260. The molecule has 1 aromatic carbocycles. The zero-order chi connectivity index (χ0) is 13.9. The van der Waals surface area contributed by atoms with E-state index in [1.807, 2.05) is 0 Å². The number of aromatic nitrogens is 1. The van der Waals surface area contributed by atoms with E-state index in [-0.39, 0.29) is 17.8 Å². The first-order chi connectivity index (χ1) is 9.74. The van der Waals surface area contributed by atoms with Crippen molar-refractivity contribution in [1.82, 2.24) is 10.3 Å². The van der Waals surface area contributed by atoms with Gasteiger partial charge in [0.05, 0.1) is 12.6 Å². The topological polar surface area (TPSA) is 51.2 Å². The molecule has 0 saturated heterocycles. The second kappa shape index (κ2) is 5.28. The molecule has 1 unspecified atom stereocenters. The number of halogens is 1. The Morgan fingerprint density at radius 2 is 2.25 bits per heavy atom. The van der Waals surface area contributed by atoms with Crippen LogP contribution in [-0.4, -0.2) is 17.5 Å². The normalized spacial score (nSPS) is 16.9. The summed E-state index contributed by atoms with van der Waals surface area (Å²) < 4.78 is 18.8. The lowest BCUT2D eigenvalue weighted by atomic mass is 10.00. The average molecular weight is 272 g/mol. The van der Waals surface area contributed by atoms with Gasteiger partial charge in [-0.1, -0.05) is 6.07 Å². The standard InChI is InChI=1S/C15H13FN2O2/c16-10-4-5-14-11(9-10)12(6-8-20-14)18-15(19)13-3-1-2-7-17-13/h1-5,7,9,12H,6,8H2,(H,18,19). The first-order valence-corrected chi connectivity index (χ1v) is 6.38. The van der Waals surface area contributed by atoms with E-state index in [4.69, 9.17) is 4.74 Å². The van der Waals surface area contributed by atoms with Gasteiger partial charge in [-0.15, -0.1) is 0 Å². The molecule has 4 nitrogen and oxygen atoms in total. The van der Waals surface area contributed by atoms with Crippen molar-refractivity contribution < 1.29 is 13.9 Å². The number of rotatable bonds is 2. The monoisotopic (exact) mass is 272 g/mol. The summed E-state index contributed by atoms with van der Waals surface area (Å²) in [6.45, 7) is 0.492. The number of nitrogens with zero attached hydrogens (tertiary/aromatic N) is 1. The minimum atomic E-state index is -0.341. The summed E-state index contributed by atoms with van der Waals surface area (Å²) in [4.78, 5) is 16.1. The molecule has 0 fully saturated rings. The van der Waals surface area contributed by atoms with E-state index < -0.39 is 0 Å². The van der Waals surface area contributed by atoms with E-state index in [2.05, 4.69) is 10.3 Å². The molecule has 2 aromatic rings. The number of nitrogens with one attached hydrogen (secondary N) is 1.